The van der Waals surface area contributed by atoms with E-state index in [1.54, 1.807) is 11.3 Å². The van der Waals surface area contributed by atoms with E-state index in [2.05, 4.69) is 53.2 Å². The van der Waals surface area contributed by atoms with Gasteiger partial charge in [0, 0.05) is 42.1 Å². The lowest BCUT2D eigenvalue weighted by atomic mass is 9.84. The summed E-state index contributed by atoms with van der Waals surface area (Å²) in [5.41, 5.74) is 5.22. The number of thiazole rings is 1. The Labute approximate surface area is 197 Å². The normalized spacial score (nSPS) is 26.7. The number of nitrogens with one attached hydrogen (secondary N) is 1. The highest BCUT2D eigenvalue weighted by Gasteiger charge is 2.49. The largest absolute Gasteiger partial charge is 0.348 e. The van der Waals surface area contributed by atoms with E-state index in [1.807, 2.05) is 36.0 Å². The summed E-state index contributed by atoms with van der Waals surface area (Å²) < 4.78 is 3.02. The maximum Gasteiger partial charge on any atom is 0.186 e. The molecule has 6 rings (SSSR count). The maximum atomic E-state index is 9.61. The standard InChI is InChI=1S/C25H27N7S/c1-15-13-32-14-17(7-16(11-26)22(32)28-15)19-8-21-20(12-27-19)29-23(33-21)31(4)18-9-24(2)5-6-25(3,10-18)30-24/h7-8,12-14,18,30H,5-6,9-10H2,1-4H3/t18?,24-,25+. The Balaban J connectivity index is 1.34. The Morgan fingerprint density at radius 2 is 1.94 bits per heavy atom. The number of aromatic nitrogens is 4. The SMILES string of the molecule is Cc1cn2cc(-c3cc4sc(N(C)C5C[C@]6(C)CC[C@](C)(C5)N6)nc4cn3)cc(C#N)c2n1. The molecule has 0 aliphatic carbocycles. The van der Waals surface area contributed by atoms with Crippen LogP contribution >= 0.6 is 11.3 Å². The molecule has 0 amide bonds. The van der Waals surface area contributed by atoms with Crippen LogP contribution in [0.5, 0.6) is 0 Å². The summed E-state index contributed by atoms with van der Waals surface area (Å²) >= 11 is 1.72. The number of piperidine rings is 1. The molecule has 168 valence electrons. The number of imidazole rings is 1. The number of anilines is 1. The predicted molar refractivity (Wildman–Crippen MR) is 132 cm³/mol. The van der Waals surface area contributed by atoms with Gasteiger partial charge in [-0.05, 0) is 58.6 Å². The van der Waals surface area contributed by atoms with Crippen molar-refractivity contribution in [1.29, 1.82) is 5.26 Å². The van der Waals surface area contributed by atoms with E-state index in [4.69, 9.17) is 4.98 Å². The molecular weight excluding hydrogens is 430 g/mol. The van der Waals surface area contributed by atoms with E-state index >= 15 is 0 Å². The highest BCUT2D eigenvalue weighted by atomic mass is 32.1. The summed E-state index contributed by atoms with van der Waals surface area (Å²) in [5.74, 6) is 0. The number of pyridine rings is 2. The molecular formula is C25H27N7S. The number of hydrogen-bond acceptors (Lipinski definition) is 7. The molecule has 2 bridgehead atoms. The summed E-state index contributed by atoms with van der Waals surface area (Å²) in [6.07, 6.45) is 10.5. The first kappa shape index (κ1) is 20.6. The number of hydrogen-bond donors (Lipinski definition) is 1. The van der Waals surface area contributed by atoms with Gasteiger partial charge in [-0.2, -0.15) is 5.26 Å². The summed E-state index contributed by atoms with van der Waals surface area (Å²) in [6, 6.07) is 6.71. The van der Waals surface area contributed by atoms with Crippen LogP contribution in [0.2, 0.25) is 0 Å². The summed E-state index contributed by atoms with van der Waals surface area (Å²) in [7, 11) is 2.18. The maximum absolute atomic E-state index is 9.61. The lowest BCUT2D eigenvalue weighted by molar-refractivity contribution is 0.208. The first-order valence-electron chi connectivity index (χ1n) is 11.4. The predicted octanol–water partition coefficient (Wildman–Crippen LogP) is 4.69. The lowest BCUT2D eigenvalue weighted by Crippen LogP contribution is -2.58. The van der Waals surface area contributed by atoms with Crippen molar-refractivity contribution in [3.8, 4) is 17.3 Å². The topological polar surface area (TPSA) is 82.1 Å². The monoisotopic (exact) mass is 457 g/mol. The Kier molecular flexibility index (Phi) is 4.36. The van der Waals surface area contributed by atoms with Gasteiger partial charge in [0.15, 0.2) is 10.8 Å². The zero-order valence-corrected chi connectivity index (χ0v) is 20.2. The van der Waals surface area contributed by atoms with Crippen LogP contribution in [0.3, 0.4) is 0 Å². The van der Waals surface area contributed by atoms with Gasteiger partial charge in [0.1, 0.15) is 11.6 Å². The Hall–Kier alpha value is -3.02. The van der Waals surface area contributed by atoms with Gasteiger partial charge in [0.25, 0.3) is 0 Å². The smallest absolute Gasteiger partial charge is 0.186 e. The lowest BCUT2D eigenvalue weighted by Gasteiger charge is -2.45. The summed E-state index contributed by atoms with van der Waals surface area (Å²) in [4.78, 5) is 16.4. The van der Waals surface area contributed by atoms with Crippen LogP contribution in [0.1, 0.15) is 50.8 Å². The van der Waals surface area contributed by atoms with Crippen LogP contribution in [0.15, 0.2) is 30.7 Å². The van der Waals surface area contributed by atoms with Crippen molar-refractivity contribution in [3.63, 3.8) is 0 Å². The van der Waals surface area contributed by atoms with Crippen LogP contribution in [-0.2, 0) is 0 Å². The molecule has 1 unspecified atom stereocenters. The van der Waals surface area contributed by atoms with Crippen molar-refractivity contribution in [2.24, 2.45) is 0 Å². The van der Waals surface area contributed by atoms with Gasteiger partial charge in [-0.3, -0.25) is 4.98 Å². The second-order valence-corrected chi connectivity index (χ2v) is 11.3. The fourth-order valence-electron chi connectivity index (χ4n) is 5.83. The fraction of sp³-hybridized carbons (Fsp3) is 0.440. The van der Waals surface area contributed by atoms with Crippen molar-refractivity contribution < 1.29 is 0 Å². The third-order valence-electron chi connectivity index (χ3n) is 7.41. The zero-order chi connectivity index (χ0) is 23.0. The van der Waals surface area contributed by atoms with Gasteiger partial charge in [-0.15, -0.1) is 0 Å². The molecule has 2 fully saturated rings. The van der Waals surface area contributed by atoms with Crippen LogP contribution in [-0.4, -0.2) is 43.5 Å². The van der Waals surface area contributed by atoms with Crippen LogP contribution in [0.25, 0.3) is 27.1 Å². The Morgan fingerprint density at radius 1 is 1.18 bits per heavy atom. The number of fused-ring (bicyclic) bond motifs is 4. The number of nitrogens with zero attached hydrogens (tertiary/aromatic N) is 6. The van der Waals surface area contributed by atoms with Gasteiger partial charge < -0.3 is 14.6 Å². The van der Waals surface area contributed by atoms with E-state index in [9.17, 15) is 5.26 Å². The highest BCUT2D eigenvalue weighted by Crippen LogP contribution is 2.44. The van der Waals surface area contributed by atoms with E-state index in [0.29, 0.717) is 17.3 Å². The van der Waals surface area contributed by atoms with Gasteiger partial charge in [-0.1, -0.05) is 11.3 Å². The molecule has 0 saturated carbocycles. The second-order valence-electron chi connectivity index (χ2n) is 10.3. The first-order valence-corrected chi connectivity index (χ1v) is 12.2. The minimum atomic E-state index is 0.222. The molecule has 6 heterocycles. The average molecular weight is 458 g/mol. The number of nitriles is 1. The van der Waals surface area contributed by atoms with E-state index in [0.717, 1.165) is 45.1 Å². The fourth-order valence-corrected chi connectivity index (χ4v) is 6.83. The van der Waals surface area contributed by atoms with E-state index in [1.165, 1.54) is 12.8 Å². The molecule has 2 aliphatic rings. The van der Waals surface area contributed by atoms with Gasteiger partial charge in [0.05, 0.1) is 27.8 Å². The Morgan fingerprint density at radius 3 is 2.67 bits per heavy atom. The van der Waals surface area contributed by atoms with E-state index in [-0.39, 0.29) is 11.1 Å². The average Bonchev–Trinajstić information content (AvgIpc) is 3.43. The molecule has 33 heavy (non-hydrogen) atoms. The molecule has 3 atom stereocenters. The molecule has 0 aromatic carbocycles. The molecule has 0 radical (unpaired) electrons. The van der Waals surface area contributed by atoms with Crippen molar-refractivity contribution >= 4 is 32.3 Å². The van der Waals surface area contributed by atoms with Crippen molar-refractivity contribution in [2.75, 3.05) is 11.9 Å². The summed E-state index contributed by atoms with van der Waals surface area (Å²) in [6.45, 7) is 6.66. The van der Waals surface area contributed by atoms with Crippen molar-refractivity contribution in [2.45, 2.75) is 63.6 Å². The van der Waals surface area contributed by atoms with Crippen LogP contribution in [0.4, 0.5) is 5.13 Å². The molecule has 2 aliphatic heterocycles. The zero-order valence-electron chi connectivity index (χ0n) is 19.4. The van der Waals surface area contributed by atoms with Gasteiger partial charge >= 0.3 is 0 Å². The summed E-state index contributed by atoms with van der Waals surface area (Å²) in [5, 5.41) is 14.5. The second kappa shape index (κ2) is 6.99. The van der Waals surface area contributed by atoms with Crippen LogP contribution in [0, 0.1) is 18.3 Å². The van der Waals surface area contributed by atoms with Crippen molar-refractivity contribution in [3.05, 3.63) is 42.0 Å². The minimum absolute atomic E-state index is 0.222. The van der Waals surface area contributed by atoms with E-state index < -0.39 is 0 Å². The van der Waals surface area contributed by atoms with Gasteiger partial charge in [0.2, 0.25) is 0 Å². The molecule has 0 spiro atoms. The first-order chi connectivity index (χ1) is 15.7. The van der Waals surface area contributed by atoms with Gasteiger partial charge in [-0.25, -0.2) is 9.97 Å². The number of rotatable bonds is 3. The third kappa shape index (κ3) is 3.38. The number of aryl methyl sites for hydroxylation is 1. The molecule has 2 saturated heterocycles. The highest BCUT2D eigenvalue weighted by molar-refractivity contribution is 7.22. The Bertz CT molecular complexity index is 1430. The third-order valence-corrected chi connectivity index (χ3v) is 8.51. The molecule has 4 aromatic rings. The molecule has 7 nitrogen and oxygen atoms in total. The minimum Gasteiger partial charge on any atom is -0.348 e. The molecule has 8 heteroatoms. The van der Waals surface area contributed by atoms with Crippen LogP contribution < -0.4 is 10.2 Å². The quantitative estimate of drug-likeness (QED) is 0.481. The molecule has 1 N–H and O–H groups in total. The van der Waals surface area contributed by atoms with Crippen molar-refractivity contribution in [1.82, 2.24) is 24.7 Å². The molecule has 4 aromatic heterocycles.